The Bertz CT molecular complexity index is 541. The fraction of sp³-hybridized carbons (Fsp3) is 0.429. The molecule has 19 heavy (non-hydrogen) atoms. The lowest BCUT2D eigenvalue weighted by molar-refractivity contribution is 0.310. The minimum absolute atomic E-state index is 0.264. The van der Waals surface area contributed by atoms with Gasteiger partial charge in [0.2, 0.25) is 5.89 Å². The van der Waals surface area contributed by atoms with Crippen LogP contribution in [0.3, 0.4) is 0 Å². The topological polar surface area (TPSA) is 64.9 Å². The highest BCUT2D eigenvalue weighted by Crippen LogP contribution is 2.20. The number of nitrogens with zero attached hydrogens (tertiary/aromatic N) is 2. The first-order valence-corrected chi connectivity index (χ1v) is 6.43. The minimum Gasteiger partial charge on any atom is -0.338 e. The molecule has 1 aromatic carbocycles. The average molecular weight is 263 g/mol. The summed E-state index contributed by atoms with van der Waals surface area (Å²) in [5.74, 6) is 0.876. The molecule has 2 rings (SSSR count). The molecule has 0 saturated heterocycles. The summed E-state index contributed by atoms with van der Waals surface area (Å²) in [4.78, 5) is 4.25. The zero-order valence-electron chi connectivity index (χ0n) is 11.1. The van der Waals surface area contributed by atoms with Crippen LogP contribution in [0.1, 0.15) is 43.6 Å². The van der Waals surface area contributed by atoms with Crippen molar-refractivity contribution in [2.24, 2.45) is 11.7 Å². The number of benzene rings is 1. The zero-order valence-corrected chi connectivity index (χ0v) is 11.1. The highest BCUT2D eigenvalue weighted by Gasteiger charge is 2.20. The van der Waals surface area contributed by atoms with Crippen molar-refractivity contribution >= 4 is 0 Å². The smallest absolute Gasteiger partial charge is 0.243 e. The van der Waals surface area contributed by atoms with Crippen molar-refractivity contribution < 1.29 is 8.91 Å². The Labute approximate surface area is 111 Å². The maximum absolute atomic E-state index is 13.5. The molecule has 0 spiro atoms. The normalized spacial score (nSPS) is 14.3. The summed E-state index contributed by atoms with van der Waals surface area (Å²) < 4.78 is 18.7. The highest BCUT2D eigenvalue weighted by molar-refractivity contribution is 5.20. The maximum Gasteiger partial charge on any atom is 0.243 e. The van der Waals surface area contributed by atoms with Crippen molar-refractivity contribution in [3.05, 3.63) is 47.4 Å². The van der Waals surface area contributed by atoms with Crippen LogP contribution in [0.5, 0.6) is 0 Å². The van der Waals surface area contributed by atoms with Gasteiger partial charge < -0.3 is 10.3 Å². The summed E-state index contributed by atoms with van der Waals surface area (Å²) in [5, 5.41) is 3.86. The first-order valence-electron chi connectivity index (χ1n) is 6.43. The quantitative estimate of drug-likeness (QED) is 0.900. The van der Waals surface area contributed by atoms with Gasteiger partial charge in [0.1, 0.15) is 5.82 Å². The molecule has 0 aliphatic heterocycles. The first kappa shape index (κ1) is 13.7. The summed E-state index contributed by atoms with van der Waals surface area (Å²) in [6.07, 6.45) is 1.25. The molecule has 0 saturated carbocycles. The number of hydrogen-bond donors (Lipinski definition) is 1. The SMILES string of the molecule is CCC(C)[C@H](N)c1nc(Cc2ccccc2F)no1. The van der Waals surface area contributed by atoms with E-state index in [-0.39, 0.29) is 17.8 Å². The minimum atomic E-state index is -0.271. The molecular formula is C14H18FN3O. The predicted octanol–water partition coefficient (Wildman–Crippen LogP) is 2.85. The lowest BCUT2D eigenvalue weighted by Crippen LogP contribution is -2.18. The molecule has 0 bridgehead atoms. The van der Waals surface area contributed by atoms with Crippen LogP contribution in [0.2, 0.25) is 0 Å². The van der Waals surface area contributed by atoms with Crippen molar-refractivity contribution in [3.8, 4) is 0 Å². The van der Waals surface area contributed by atoms with Gasteiger partial charge in [-0.15, -0.1) is 0 Å². The predicted molar refractivity (Wildman–Crippen MR) is 69.9 cm³/mol. The van der Waals surface area contributed by atoms with E-state index in [1.54, 1.807) is 18.2 Å². The number of hydrogen-bond acceptors (Lipinski definition) is 4. The Morgan fingerprint density at radius 3 is 2.79 bits per heavy atom. The van der Waals surface area contributed by atoms with Gasteiger partial charge in [-0.1, -0.05) is 43.6 Å². The van der Waals surface area contributed by atoms with Gasteiger partial charge >= 0.3 is 0 Å². The van der Waals surface area contributed by atoms with E-state index >= 15 is 0 Å². The molecule has 0 aliphatic carbocycles. The van der Waals surface area contributed by atoms with Crippen molar-refractivity contribution in [3.63, 3.8) is 0 Å². The molecule has 0 fully saturated rings. The van der Waals surface area contributed by atoms with Crippen LogP contribution in [-0.2, 0) is 6.42 Å². The monoisotopic (exact) mass is 263 g/mol. The van der Waals surface area contributed by atoms with Crippen LogP contribution in [0, 0.1) is 11.7 Å². The van der Waals surface area contributed by atoms with Crippen LogP contribution in [0.25, 0.3) is 0 Å². The second-order valence-corrected chi connectivity index (χ2v) is 4.73. The van der Waals surface area contributed by atoms with Gasteiger partial charge in [0.25, 0.3) is 0 Å². The number of rotatable bonds is 5. The van der Waals surface area contributed by atoms with E-state index in [2.05, 4.69) is 17.1 Å². The van der Waals surface area contributed by atoms with Gasteiger partial charge in [-0.25, -0.2) is 4.39 Å². The van der Waals surface area contributed by atoms with E-state index in [9.17, 15) is 4.39 Å². The van der Waals surface area contributed by atoms with Crippen molar-refractivity contribution in [2.45, 2.75) is 32.7 Å². The molecule has 102 valence electrons. The third-order valence-corrected chi connectivity index (χ3v) is 3.33. The molecule has 2 aromatic rings. The molecule has 1 heterocycles. The van der Waals surface area contributed by atoms with Gasteiger partial charge in [-0.2, -0.15) is 4.98 Å². The Morgan fingerprint density at radius 2 is 2.11 bits per heavy atom. The standard InChI is InChI=1S/C14H18FN3O/c1-3-9(2)13(16)14-17-12(18-19-14)8-10-6-4-5-7-11(10)15/h4-7,9,13H,3,8,16H2,1-2H3/t9?,13-/m0/s1. The van der Waals surface area contributed by atoms with Gasteiger partial charge in [-0.3, -0.25) is 0 Å². The van der Waals surface area contributed by atoms with Crippen molar-refractivity contribution in [1.82, 2.24) is 10.1 Å². The molecule has 4 nitrogen and oxygen atoms in total. The van der Waals surface area contributed by atoms with Gasteiger partial charge in [0.15, 0.2) is 5.82 Å². The highest BCUT2D eigenvalue weighted by atomic mass is 19.1. The summed E-state index contributed by atoms with van der Waals surface area (Å²) in [5.41, 5.74) is 6.56. The Hall–Kier alpha value is -1.75. The van der Waals surface area contributed by atoms with Crippen molar-refractivity contribution in [2.75, 3.05) is 0 Å². The third-order valence-electron chi connectivity index (χ3n) is 3.33. The molecule has 1 unspecified atom stereocenters. The van der Waals surface area contributed by atoms with E-state index in [4.69, 9.17) is 10.3 Å². The number of aromatic nitrogens is 2. The average Bonchev–Trinajstić information content (AvgIpc) is 2.88. The van der Waals surface area contributed by atoms with Gasteiger partial charge in [0.05, 0.1) is 6.04 Å². The van der Waals surface area contributed by atoms with E-state index in [1.165, 1.54) is 6.07 Å². The fourth-order valence-electron chi connectivity index (χ4n) is 1.78. The summed E-state index contributed by atoms with van der Waals surface area (Å²) in [7, 11) is 0. The van der Waals surface area contributed by atoms with Crippen LogP contribution in [0.4, 0.5) is 4.39 Å². The molecule has 0 amide bonds. The largest absolute Gasteiger partial charge is 0.338 e. The Balaban J connectivity index is 2.12. The fourth-order valence-corrected chi connectivity index (χ4v) is 1.78. The van der Waals surface area contributed by atoms with E-state index in [0.717, 1.165) is 6.42 Å². The van der Waals surface area contributed by atoms with Gasteiger partial charge in [-0.05, 0) is 17.5 Å². The molecular weight excluding hydrogens is 245 g/mol. The molecule has 2 atom stereocenters. The first-order chi connectivity index (χ1) is 9.11. The van der Waals surface area contributed by atoms with E-state index < -0.39 is 0 Å². The number of halogens is 1. The van der Waals surface area contributed by atoms with Crippen LogP contribution in [0.15, 0.2) is 28.8 Å². The maximum atomic E-state index is 13.5. The molecule has 0 radical (unpaired) electrons. The lowest BCUT2D eigenvalue weighted by Gasteiger charge is -2.12. The summed E-state index contributed by atoms with van der Waals surface area (Å²) in [6.45, 7) is 4.09. The second kappa shape index (κ2) is 5.93. The second-order valence-electron chi connectivity index (χ2n) is 4.73. The molecule has 5 heteroatoms. The molecule has 2 N–H and O–H groups in total. The van der Waals surface area contributed by atoms with Crippen LogP contribution >= 0.6 is 0 Å². The van der Waals surface area contributed by atoms with Crippen molar-refractivity contribution in [1.29, 1.82) is 0 Å². The Kier molecular flexibility index (Phi) is 4.27. The number of nitrogens with two attached hydrogens (primary N) is 1. The van der Waals surface area contributed by atoms with Crippen LogP contribution in [-0.4, -0.2) is 10.1 Å². The molecule has 0 aliphatic rings. The summed E-state index contributed by atoms with van der Waals surface area (Å²) in [6, 6.07) is 6.29. The van der Waals surface area contributed by atoms with Crippen LogP contribution < -0.4 is 5.73 Å². The summed E-state index contributed by atoms with van der Waals surface area (Å²) >= 11 is 0. The van der Waals surface area contributed by atoms with Gasteiger partial charge in [0, 0.05) is 6.42 Å². The van der Waals surface area contributed by atoms with E-state index in [1.807, 2.05) is 6.92 Å². The molecule has 1 aromatic heterocycles. The lowest BCUT2D eigenvalue weighted by atomic mass is 10.0. The zero-order chi connectivity index (χ0) is 13.8. The third kappa shape index (κ3) is 3.17. The van der Waals surface area contributed by atoms with E-state index in [0.29, 0.717) is 23.7 Å². The Morgan fingerprint density at radius 1 is 1.37 bits per heavy atom.